The standard InChI is InChI=1S/C19H22ClN3O3/c1-26-18-8-12(6-7-14(18)13-9-22-23-10-13)19(25)21-11-17(24)15-4-2-3-5-16(15)20/h2-8,13,17,22-24H,9-11H2,1H3,(H,21,25). The Hall–Kier alpha value is -2.12. The van der Waals surface area contributed by atoms with Crippen molar-refractivity contribution < 1.29 is 14.6 Å². The Bertz CT molecular complexity index is 778. The molecule has 1 aliphatic heterocycles. The first kappa shape index (κ1) is 18.7. The van der Waals surface area contributed by atoms with E-state index < -0.39 is 6.10 Å². The molecule has 1 saturated heterocycles. The third-order valence-electron chi connectivity index (χ3n) is 4.48. The third kappa shape index (κ3) is 4.16. The zero-order chi connectivity index (χ0) is 18.5. The number of methoxy groups -OCH3 is 1. The van der Waals surface area contributed by atoms with Gasteiger partial charge in [0.25, 0.3) is 5.91 Å². The molecule has 0 saturated carbocycles. The van der Waals surface area contributed by atoms with E-state index in [4.69, 9.17) is 16.3 Å². The second-order valence-corrected chi connectivity index (χ2v) is 6.57. The minimum absolute atomic E-state index is 0.0725. The molecule has 138 valence electrons. The van der Waals surface area contributed by atoms with E-state index in [0.29, 0.717) is 27.8 Å². The highest BCUT2D eigenvalue weighted by Crippen LogP contribution is 2.28. The summed E-state index contributed by atoms with van der Waals surface area (Å²) < 4.78 is 5.46. The molecule has 7 heteroatoms. The molecule has 26 heavy (non-hydrogen) atoms. The molecular weight excluding hydrogens is 354 g/mol. The van der Waals surface area contributed by atoms with Crippen molar-refractivity contribution in [3.05, 3.63) is 64.2 Å². The first-order valence-electron chi connectivity index (χ1n) is 8.44. The second kappa shape index (κ2) is 8.51. The molecule has 1 fully saturated rings. The normalized spacial score (nSPS) is 15.7. The lowest BCUT2D eigenvalue weighted by atomic mass is 9.97. The van der Waals surface area contributed by atoms with E-state index in [2.05, 4.69) is 16.2 Å². The van der Waals surface area contributed by atoms with Gasteiger partial charge >= 0.3 is 0 Å². The smallest absolute Gasteiger partial charge is 0.251 e. The van der Waals surface area contributed by atoms with Gasteiger partial charge in [-0.15, -0.1) is 0 Å². The first-order valence-corrected chi connectivity index (χ1v) is 8.82. The van der Waals surface area contributed by atoms with Crippen LogP contribution < -0.4 is 20.9 Å². The molecule has 0 spiro atoms. The lowest BCUT2D eigenvalue weighted by Gasteiger charge is -2.16. The summed E-state index contributed by atoms with van der Waals surface area (Å²) in [6.45, 7) is 1.70. The minimum Gasteiger partial charge on any atom is -0.496 e. The predicted octanol–water partition coefficient (Wildman–Crippen LogP) is 2.00. The molecular formula is C19H22ClN3O3. The summed E-state index contributed by atoms with van der Waals surface area (Å²) in [6, 6.07) is 12.4. The van der Waals surface area contributed by atoms with Gasteiger partial charge < -0.3 is 15.2 Å². The molecule has 0 aromatic heterocycles. The molecule has 0 bridgehead atoms. The van der Waals surface area contributed by atoms with Crippen LogP contribution in [0.4, 0.5) is 0 Å². The van der Waals surface area contributed by atoms with Crippen molar-refractivity contribution >= 4 is 17.5 Å². The Morgan fingerprint density at radius 2 is 2.04 bits per heavy atom. The van der Waals surface area contributed by atoms with E-state index in [1.807, 2.05) is 6.07 Å². The number of ether oxygens (including phenoxy) is 1. The van der Waals surface area contributed by atoms with Gasteiger partial charge in [0.1, 0.15) is 5.75 Å². The van der Waals surface area contributed by atoms with Crippen molar-refractivity contribution in [3.63, 3.8) is 0 Å². The highest BCUT2D eigenvalue weighted by molar-refractivity contribution is 6.31. The monoisotopic (exact) mass is 375 g/mol. The van der Waals surface area contributed by atoms with E-state index in [9.17, 15) is 9.90 Å². The summed E-state index contributed by atoms with van der Waals surface area (Å²) in [4.78, 5) is 12.4. The Morgan fingerprint density at radius 1 is 1.31 bits per heavy atom. The van der Waals surface area contributed by atoms with Crippen LogP contribution in [0.3, 0.4) is 0 Å². The van der Waals surface area contributed by atoms with Crippen molar-refractivity contribution in [1.29, 1.82) is 0 Å². The highest BCUT2D eigenvalue weighted by atomic mass is 35.5. The van der Waals surface area contributed by atoms with Crippen molar-refractivity contribution in [2.24, 2.45) is 0 Å². The maximum atomic E-state index is 12.4. The molecule has 1 atom stereocenters. The number of nitrogens with one attached hydrogen (secondary N) is 3. The Balaban J connectivity index is 1.67. The van der Waals surface area contributed by atoms with Gasteiger partial charge in [0, 0.05) is 41.7 Å². The molecule has 0 aliphatic carbocycles. The lowest BCUT2D eigenvalue weighted by Crippen LogP contribution is -2.28. The number of carbonyl (C=O) groups is 1. The van der Waals surface area contributed by atoms with Crippen LogP contribution in [0.15, 0.2) is 42.5 Å². The molecule has 1 aliphatic rings. The fraction of sp³-hybridized carbons (Fsp3) is 0.316. The van der Waals surface area contributed by atoms with E-state index in [-0.39, 0.29) is 12.5 Å². The molecule has 4 N–H and O–H groups in total. The van der Waals surface area contributed by atoms with Crippen LogP contribution >= 0.6 is 11.6 Å². The van der Waals surface area contributed by atoms with Crippen LogP contribution in [-0.2, 0) is 0 Å². The number of rotatable bonds is 6. The van der Waals surface area contributed by atoms with E-state index in [1.165, 1.54) is 0 Å². The highest BCUT2D eigenvalue weighted by Gasteiger charge is 2.21. The summed E-state index contributed by atoms with van der Waals surface area (Å²) >= 11 is 6.07. The zero-order valence-electron chi connectivity index (χ0n) is 14.5. The van der Waals surface area contributed by atoms with Gasteiger partial charge in [-0.1, -0.05) is 35.9 Å². The number of aliphatic hydroxyl groups excluding tert-OH is 1. The number of hydrogen-bond acceptors (Lipinski definition) is 5. The van der Waals surface area contributed by atoms with Crippen molar-refractivity contribution in [2.75, 3.05) is 26.7 Å². The molecule has 6 nitrogen and oxygen atoms in total. The predicted molar refractivity (Wildman–Crippen MR) is 100 cm³/mol. The molecule has 1 unspecified atom stereocenters. The summed E-state index contributed by atoms with van der Waals surface area (Å²) in [5.41, 5.74) is 8.30. The fourth-order valence-corrected chi connectivity index (χ4v) is 3.28. The van der Waals surface area contributed by atoms with Gasteiger partial charge in [-0.05, 0) is 23.8 Å². The maximum absolute atomic E-state index is 12.4. The van der Waals surface area contributed by atoms with Crippen LogP contribution in [0, 0.1) is 0 Å². The number of hydrazine groups is 1. The summed E-state index contributed by atoms with van der Waals surface area (Å²) in [5, 5.41) is 13.5. The van der Waals surface area contributed by atoms with Gasteiger partial charge in [-0.25, -0.2) is 0 Å². The number of aliphatic hydroxyl groups is 1. The molecule has 2 aromatic carbocycles. The average molecular weight is 376 g/mol. The zero-order valence-corrected chi connectivity index (χ0v) is 15.2. The van der Waals surface area contributed by atoms with Gasteiger partial charge in [-0.3, -0.25) is 15.6 Å². The van der Waals surface area contributed by atoms with Gasteiger partial charge in [0.15, 0.2) is 0 Å². The molecule has 1 amide bonds. The Kier molecular flexibility index (Phi) is 6.11. The SMILES string of the molecule is COc1cc(C(=O)NCC(O)c2ccccc2Cl)ccc1C1CNNC1. The summed E-state index contributed by atoms with van der Waals surface area (Å²) in [7, 11) is 1.59. The molecule has 0 radical (unpaired) electrons. The fourth-order valence-electron chi connectivity index (χ4n) is 3.02. The van der Waals surface area contributed by atoms with Gasteiger partial charge in [0.05, 0.1) is 13.2 Å². The van der Waals surface area contributed by atoms with Crippen molar-refractivity contribution in [2.45, 2.75) is 12.0 Å². The maximum Gasteiger partial charge on any atom is 0.251 e. The molecule has 1 heterocycles. The first-order chi connectivity index (χ1) is 12.6. The number of carbonyl (C=O) groups excluding carboxylic acids is 1. The van der Waals surface area contributed by atoms with Crippen LogP contribution in [-0.4, -0.2) is 37.8 Å². The van der Waals surface area contributed by atoms with E-state index in [0.717, 1.165) is 18.7 Å². The van der Waals surface area contributed by atoms with Crippen molar-refractivity contribution in [1.82, 2.24) is 16.2 Å². The van der Waals surface area contributed by atoms with Gasteiger partial charge in [-0.2, -0.15) is 0 Å². The third-order valence-corrected chi connectivity index (χ3v) is 4.82. The van der Waals surface area contributed by atoms with Crippen LogP contribution in [0.25, 0.3) is 0 Å². The number of halogens is 1. The topological polar surface area (TPSA) is 82.6 Å². The summed E-state index contributed by atoms with van der Waals surface area (Å²) in [5.74, 6) is 0.701. The number of amides is 1. The Labute approximate surface area is 157 Å². The number of hydrogen-bond donors (Lipinski definition) is 4. The minimum atomic E-state index is -0.871. The van der Waals surface area contributed by atoms with Crippen molar-refractivity contribution in [3.8, 4) is 5.75 Å². The lowest BCUT2D eigenvalue weighted by molar-refractivity contribution is 0.0916. The largest absolute Gasteiger partial charge is 0.496 e. The Morgan fingerprint density at radius 3 is 2.73 bits per heavy atom. The van der Waals surface area contributed by atoms with Crippen LogP contribution in [0.1, 0.15) is 33.5 Å². The molecule has 3 rings (SSSR count). The van der Waals surface area contributed by atoms with E-state index >= 15 is 0 Å². The quantitative estimate of drug-likeness (QED) is 0.621. The van der Waals surface area contributed by atoms with E-state index in [1.54, 1.807) is 43.5 Å². The average Bonchev–Trinajstić information content (AvgIpc) is 3.20. The van der Waals surface area contributed by atoms with Crippen LogP contribution in [0.2, 0.25) is 5.02 Å². The second-order valence-electron chi connectivity index (χ2n) is 6.16. The van der Waals surface area contributed by atoms with Crippen LogP contribution in [0.5, 0.6) is 5.75 Å². The number of benzene rings is 2. The molecule has 2 aromatic rings. The van der Waals surface area contributed by atoms with Gasteiger partial charge in [0.2, 0.25) is 0 Å². The summed E-state index contributed by atoms with van der Waals surface area (Å²) in [6.07, 6.45) is -0.871.